The zero-order valence-electron chi connectivity index (χ0n) is 17.6. The van der Waals surface area contributed by atoms with Gasteiger partial charge in [0, 0.05) is 17.5 Å². The van der Waals surface area contributed by atoms with Crippen LogP contribution in [0.15, 0.2) is 48.5 Å². The van der Waals surface area contributed by atoms with E-state index in [0.29, 0.717) is 22.1 Å². The molecule has 0 aliphatic carbocycles. The molecule has 1 aromatic heterocycles. The van der Waals surface area contributed by atoms with Crippen molar-refractivity contribution in [2.45, 2.75) is 24.7 Å². The lowest BCUT2D eigenvalue weighted by molar-refractivity contribution is -0.173. The minimum absolute atomic E-state index is 0.0904. The fourth-order valence-electron chi connectivity index (χ4n) is 3.70. The Morgan fingerprint density at radius 2 is 1.88 bits per heavy atom. The molecule has 174 valence electrons. The van der Waals surface area contributed by atoms with Gasteiger partial charge in [-0.2, -0.15) is 18.3 Å². The first kappa shape index (κ1) is 22.8. The van der Waals surface area contributed by atoms with Crippen molar-refractivity contribution in [3.63, 3.8) is 0 Å². The fraction of sp³-hybridized carbons (Fsp3) is 0.273. The summed E-state index contributed by atoms with van der Waals surface area (Å²) in [6.45, 7) is 0. The second kappa shape index (κ2) is 8.86. The van der Waals surface area contributed by atoms with E-state index in [-0.39, 0.29) is 23.6 Å². The molecule has 1 aliphatic heterocycles. The summed E-state index contributed by atoms with van der Waals surface area (Å²) in [5.41, 5.74) is 0.758. The number of benzene rings is 2. The quantitative estimate of drug-likeness (QED) is 0.506. The maximum absolute atomic E-state index is 13.9. The van der Waals surface area contributed by atoms with E-state index >= 15 is 0 Å². The summed E-state index contributed by atoms with van der Waals surface area (Å²) < 4.78 is 52.8. The number of carbonyl (C=O) groups is 1. The van der Waals surface area contributed by atoms with Crippen LogP contribution < -0.4 is 20.1 Å². The summed E-state index contributed by atoms with van der Waals surface area (Å²) in [6.07, 6.45) is -4.84. The monoisotopic (exact) mass is 480 g/mol. The van der Waals surface area contributed by atoms with Gasteiger partial charge in [0.15, 0.2) is 11.7 Å². The second-order valence-corrected chi connectivity index (χ2v) is 7.86. The van der Waals surface area contributed by atoms with Crippen LogP contribution in [0.1, 0.15) is 34.6 Å². The number of halogens is 4. The number of nitrogens with one attached hydrogen (secondary N) is 2. The van der Waals surface area contributed by atoms with Gasteiger partial charge in [-0.05, 0) is 35.9 Å². The van der Waals surface area contributed by atoms with Crippen molar-refractivity contribution in [1.29, 1.82) is 0 Å². The van der Waals surface area contributed by atoms with Gasteiger partial charge < -0.3 is 20.1 Å². The second-order valence-electron chi connectivity index (χ2n) is 7.42. The smallest absolute Gasteiger partial charge is 0.410 e. The Balaban J connectivity index is 1.64. The highest BCUT2D eigenvalue weighted by molar-refractivity contribution is 6.31. The number of rotatable bonds is 5. The Hall–Kier alpha value is -3.40. The van der Waals surface area contributed by atoms with Gasteiger partial charge in [0.2, 0.25) is 0 Å². The first-order valence-electron chi connectivity index (χ1n) is 9.91. The minimum atomic E-state index is -4.56. The van der Waals surface area contributed by atoms with Crippen molar-refractivity contribution in [2.75, 3.05) is 24.9 Å². The summed E-state index contributed by atoms with van der Waals surface area (Å²) >= 11 is 5.98. The van der Waals surface area contributed by atoms with Gasteiger partial charge in [-0.15, -0.1) is 0 Å². The number of fused-ring (bicyclic) bond motifs is 1. The summed E-state index contributed by atoms with van der Waals surface area (Å²) in [5, 5.41) is 9.96. The molecule has 11 heteroatoms. The third kappa shape index (κ3) is 4.70. The van der Waals surface area contributed by atoms with Crippen LogP contribution in [0.2, 0.25) is 5.02 Å². The Morgan fingerprint density at radius 1 is 1.15 bits per heavy atom. The predicted molar refractivity (Wildman–Crippen MR) is 117 cm³/mol. The van der Waals surface area contributed by atoms with E-state index in [1.807, 2.05) is 0 Å². The van der Waals surface area contributed by atoms with Crippen LogP contribution in [0.5, 0.6) is 11.5 Å². The Morgan fingerprint density at radius 3 is 2.52 bits per heavy atom. The van der Waals surface area contributed by atoms with E-state index in [0.717, 1.165) is 4.68 Å². The van der Waals surface area contributed by atoms with Gasteiger partial charge in [0.05, 0.1) is 25.9 Å². The zero-order chi connectivity index (χ0) is 23.8. The molecule has 0 saturated carbocycles. The van der Waals surface area contributed by atoms with Crippen LogP contribution in [0.4, 0.5) is 24.7 Å². The van der Waals surface area contributed by atoms with E-state index in [9.17, 15) is 18.0 Å². The zero-order valence-corrected chi connectivity index (χ0v) is 18.4. The number of ether oxygens (including phenoxy) is 2. The average Bonchev–Trinajstić information content (AvgIpc) is 3.22. The van der Waals surface area contributed by atoms with Gasteiger partial charge in [0.25, 0.3) is 5.91 Å². The molecule has 0 saturated heterocycles. The summed E-state index contributed by atoms with van der Waals surface area (Å²) in [4.78, 5) is 12.8. The Kier molecular flexibility index (Phi) is 6.11. The SMILES string of the molecule is COc1ccc([C@H]2C[C@H](C(F)(F)F)n3nc(C(=O)Nc4cc(Cl)ccc4OC)cc3N2)cc1. The van der Waals surface area contributed by atoms with Crippen LogP contribution >= 0.6 is 11.6 Å². The van der Waals surface area contributed by atoms with Crippen LogP contribution in [0.25, 0.3) is 0 Å². The first-order valence-corrected chi connectivity index (χ1v) is 10.3. The lowest BCUT2D eigenvalue weighted by atomic mass is 9.97. The highest BCUT2D eigenvalue weighted by Crippen LogP contribution is 2.44. The van der Waals surface area contributed by atoms with Crippen molar-refractivity contribution in [3.8, 4) is 11.5 Å². The van der Waals surface area contributed by atoms with Gasteiger partial charge in [0.1, 0.15) is 17.3 Å². The standard InChI is InChI=1S/C22H20ClF3N4O3/c1-32-14-6-3-12(4-7-14)15-10-19(22(24,25)26)30-20(27-15)11-17(29-30)21(31)28-16-9-13(23)5-8-18(16)33-2/h3-9,11,15,19,27H,10H2,1-2H3,(H,28,31)/t15-,19-/m1/s1. The van der Waals surface area contributed by atoms with Crippen LogP contribution in [-0.2, 0) is 0 Å². The predicted octanol–water partition coefficient (Wildman–Crippen LogP) is 5.47. The maximum atomic E-state index is 13.9. The Bertz CT molecular complexity index is 1160. The molecule has 1 amide bonds. The van der Waals surface area contributed by atoms with E-state index in [4.69, 9.17) is 21.1 Å². The van der Waals surface area contributed by atoms with Crippen molar-refractivity contribution in [2.24, 2.45) is 0 Å². The average molecular weight is 481 g/mol. The number of hydrogen-bond donors (Lipinski definition) is 2. The molecule has 33 heavy (non-hydrogen) atoms. The highest BCUT2D eigenvalue weighted by atomic mass is 35.5. The van der Waals surface area contributed by atoms with Crippen LogP contribution in [-0.4, -0.2) is 36.1 Å². The number of carbonyl (C=O) groups excluding carboxylic acids is 1. The lowest BCUT2D eigenvalue weighted by Crippen LogP contribution is -2.35. The largest absolute Gasteiger partial charge is 0.497 e. The van der Waals surface area contributed by atoms with Gasteiger partial charge in [-0.1, -0.05) is 23.7 Å². The number of anilines is 2. The van der Waals surface area contributed by atoms with Crippen molar-refractivity contribution >= 4 is 29.0 Å². The van der Waals surface area contributed by atoms with Gasteiger partial charge >= 0.3 is 6.18 Å². The van der Waals surface area contributed by atoms with Crippen molar-refractivity contribution in [1.82, 2.24) is 9.78 Å². The molecular weight excluding hydrogens is 461 g/mol. The number of alkyl halides is 3. The molecule has 3 aromatic rings. The van der Waals surface area contributed by atoms with Crippen molar-refractivity contribution < 1.29 is 27.4 Å². The molecule has 2 atom stereocenters. The number of methoxy groups -OCH3 is 2. The third-order valence-corrected chi connectivity index (χ3v) is 5.59. The molecular formula is C22H20ClF3N4O3. The normalized spacial score (nSPS) is 17.6. The van der Waals surface area contributed by atoms with Crippen LogP contribution in [0.3, 0.4) is 0 Å². The topological polar surface area (TPSA) is 77.4 Å². The molecule has 7 nitrogen and oxygen atoms in total. The molecule has 4 rings (SSSR count). The van der Waals surface area contributed by atoms with Gasteiger partial charge in [-0.25, -0.2) is 4.68 Å². The van der Waals surface area contributed by atoms with E-state index < -0.39 is 24.2 Å². The molecule has 0 fully saturated rings. The van der Waals surface area contributed by atoms with Crippen molar-refractivity contribution in [3.05, 3.63) is 64.8 Å². The number of hydrogen-bond acceptors (Lipinski definition) is 5. The number of nitrogens with zero attached hydrogens (tertiary/aromatic N) is 2. The summed E-state index contributed by atoms with van der Waals surface area (Å²) in [7, 11) is 2.93. The highest BCUT2D eigenvalue weighted by Gasteiger charge is 2.46. The molecule has 2 N–H and O–H groups in total. The lowest BCUT2D eigenvalue weighted by Gasteiger charge is -2.33. The number of amides is 1. The first-order chi connectivity index (χ1) is 15.7. The van der Waals surface area contributed by atoms with E-state index in [1.54, 1.807) is 36.4 Å². The van der Waals surface area contributed by atoms with E-state index in [1.165, 1.54) is 26.4 Å². The summed E-state index contributed by atoms with van der Waals surface area (Å²) in [5.74, 6) is 0.346. The van der Waals surface area contributed by atoms with E-state index in [2.05, 4.69) is 15.7 Å². The molecule has 0 spiro atoms. The Labute approximate surface area is 192 Å². The maximum Gasteiger partial charge on any atom is 0.410 e. The summed E-state index contributed by atoms with van der Waals surface area (Å²) in [6, 6.07) is 10.2. The molecule has 0 radical (unpaired) electrons. The molecule has 1 aliphatic rings. The molecule has 0 bridgehead atoms. The third-order valence-electron chi connectivity index (χ3n) is 5.35. The van der Waals surface area contributed by atoms with Crippen LogP contribution in [0, 0.1) is 0 Å². The molecule has 0 unspecified atom stereocenters. The fourth-order valence-corrected chi connectivity index (χ4v) is 3.88. The van der Waals surface area contributed by atoms with Gasteiger partial charge in [-0.3, -0.25) is 4.79 Å². The molecule has 2 heterocycles. The molecule has 2 aromatic carbocycles. The number of aromatic nitrogens is 2. The minimum Gasteiger partial charge on any atom is -0.497 e.